The van der Waals surface area contributed by atoms with Crippen molar-refractivity contribution in [2.45, 2.75) is 84.3 Å². The van der Waals surface area contributed by atoms with Crippen molar-refractivity contribution in [1.82, 2.24) is 0 Å². The number of carbonyl (C=O) groups excluding carboxylic acids is 4. The van der Waals surface area contributed by atoms with Crippen molar-refractivity contribution in [3.05, 3.63) is 11.6 Å². The van der Waals surface area contributed by atoms with Crippen molar-refractivity contribution in [3.8, 4) is 0 Å². The van der Waals surface area contributed by atoms with E-state index in [-0.39, 0.29) is 36.8 Å². The molecule has 0 aromatic rings. The van der Waals surface area contributed by atoms with Crippen molar-refractivity contribution in [2.75, 3.05) is 13.2 Å². The average Bonchev–Trinajstić information content (AvgIpc) is 3.03. The maximum atomic E-state index is 12.9. The van der Waals surface area contributed by atoms with Gasteiger partial charge in [0.05, 0.1) is 18.1 Å². The molecule has 0 spiro atoms. The Morgan fingerprint density at radius 1 is 1.09 bits per heavy atom. The summed E-state index contributed by atoms with van der Waals surface area (Å²) in [4.78, 5) is 49.3. The maximum absolute atomic E-state index is 12.9. The van der Waals surface area contributed by atoms with Crippen LogP contribution >= 0.6 is 0 Å². The quantitative estimate of drug-likeness (QED) is 0.476. The van der Waals surface area contributed by atoms with Crippen LogP contribution in [0.1, 0.15) is 72.6 Å². The summed E-state index contributed by atoms with van der Waals surface area (Å²) < 4.78 is 16.8. The first-order chi connectivity index (χ1) is 16.0. The van der Waals surface area contributed by atoms with Gasteiger partial charge in [0.1, 0.15) is 12.7 Å². The van der Waals surface area contributed by atoms with E-state index in [1.807, 2.05) is 6.92 Å². The predicted octanol–water partition coefficient (Wildman–Crippen LogP) is 2.90. The standard InChI is InChI=1S/C26H36O8/c1-5-32-23(30)20-9-11-26(31)19-7-6-17-12-18(29)8-10-25(17,14-33-15(2)27)22(19)21(34-16(3)28)13-24(20,26)4/h12,19-22,31H,5-11,13-14H2,1-4H3. The summed E-state index contributed by atoms with van der Waals surface area (Å²) in [6, 6.07) is 0. The van der Waals surface area contributed by atoms with E-state index < -0.39 is 40.4 Å². The Balaban J connectivity index is 1.82. The van der Waals surface area contributed by atoms with Gasteiger partial charge in [0.15, 0.2) is 5.78 Å². The van der Waals surface area contributed by atoms with Crippen molar-refractivity contribution >= 4 is 23.7 Å². The Bertz CT molecular complexity index is 924. The summed E-state index contributed by atoms with van der Waals surface area (Å²) in [7, 11) is 0. The Morgan fingerprint density at radius 3 is 2.47 bits per heavy atom. The third kappa shape index (κ3) is 3.69. The van der Waals surface area contributed by atoms with Crippen LogP contribution in [0, 0.1) is 28.6 Å². The molecule has 0 aromatic carbocycles. The molecule has 0 aromatic heterocycles. The van der Waals surface area contributed by atoms with Crippen molar-refractivity contribution in [1.29, 1.82) is 0 Å². The number of hydrogen-bond donors (Lipinski definition) is 1. The highest BCUT2D eigenvalue weighted by molar-refractivity contribution is 5.91. The summed E-state index contributed by atoms with van der Waals surface area (Å²) >= 11 is 0. The lowest BCUT2D eigenvalue weighted by Crippen LogP contribution is -2.67. The SMILES string of the molecule is CCOC(=O)C1CCC2(O)C3CCC4=CC(=O)CCC4(COC(C)=O)C3C(OC(C)=O)CC12C. The molecule has 7 unspecified atom stereocenters. The van der Waals surface area contributed by atoms with Gasteiger partial charge in [0.25, 0.3) is 0 Å². The topological polar surface area (TPSA) is 116 Å². The lowest BCUT2D eigenvalue weighted by molar-refractivity contribution is -0.235. The molecule has 0 amide bonds. The van der Waals surface area contributed by atoms with Crippen molar-refractivity contribution < 1.29 is 38.5 Å². The highest BCUT2D eigenvalue weighted by Gasteiger charge is 2.72. The van der Waals surface area contributed by atoms with Crippen molar-refractivity contribution in [3.63, 3.8) is 0 Å². The molecule has 34 heavy (non-hydrogen) atoms. The summed E-state index contributed by atoms with van der Waals surface area (Å²) in [5, 5.41) is 12.3. The molecule has 4 rings (SSSR count). The van der Waals surface area contributed by atoms with E-state index >= 15 is 0 Å². The maximum Gasteiger partial charge on any atom is 0.309 e. The second-order valence-electron chi connectivity index (χ2n) is 10.8. The average molecular weight is 477 g/mol. The van der Waals surface area contributed by atoms with E-state index in [1.165, 1.54) is 13.8 Å². The van der Waals surface area contributed by atoms with Crippen LogP contribution in [0.25, 0.3) is 0 Å². The van der Waals surface area contributed by atoms with Crippen LogP contribution in [0.5, 0.6) is 0 Å². The number of esters is 3. The Morgan fingerprint density at radius 2 is 1.82 bits per heavy atom. The molecule has 188 valence electrons. The molecule has 0 heterocycles. The van der Waals surface area contributed by atoms with Gasteiger partial charge in [0, 0.05) is 37.0 Å². The molecule has 3 fully saturated rings. The highest BCUT2D eigenvalue weighted by Crippen LogP contribution is 2.69. The zero-order chi connectivity index (χ0) is 24.9. The summed E-state index contributed by atoms with van der Waals surface area (Å²) in [6.07, 6.45) is 4.30. The van der Waals surface area contributed by atoms with Crippen LogP contribution in [-0.2, 0) is 33.4 Å². The monoisotopic (exact) mass is 476 g/mol. The fourth-order valence-electron chi connectivity index (χ4n) is 7.83. The van der Waals surface area contributed by atoms with Crippen LogP contribution in [0.3, 0.4) is 0 Å². The molecule has 8 nitrogen and oxygen atoms in total. The van der Waals surface area contributed by atoms with Gasteiger partial charge in [-0.1, -0.05) is 12.5 Å². The molecule has 3 saturated carbocycles. The van der Waals surface area contributed by atoms with Gasteiger partial charge in [-0.25, -0.2) is 0 Å². The van der Waals surface area contributed by atoms with Gasteiger partial charge in [-0.3, -0.25) is 19.2 Å². The minimum atomic E-state index is -1.16. The molecule has 0 bridgehead atoms. The van der Waals surface area contributed by atoms with E-state index in [4.69, 9.17) is 14.2 Å². The van der Waals surface area contributed by atoms with Gasteiger partial charge in [-0.2, -0.15) is 0 Å². The largest absolute Gasteiger partial charge is 0.466 e. The number of ether oxygens (including phenoxy) is 3. The predicted molar refractivity (Wildman–Crippen MR) is 120 cm³/mol. The number of carbonyl (C=O) groups is 4. The summed E-state index contributed by atoms with van der Waals surface area (Å²) in [5.41, 5.74) is -1.77. The molecule has 0 aliphatic heterocycles. The van der Waals surface area contributed by atoms with E-state index in [2.05, 4.69) is 0 Å². The summed E-state index contributed by atoms with van der Waals surface area (Å²) in [6.45, 7) is 6.73. The smallest absolute Gasteiger partial charge is 0.309 e. The fraction of sp³-hybridized carbons (Fsp3) is 0.769. The van der Waals surface area contributed by atoms with E-state index in [0.29, 0.717) is 44.9 Å². The van der Waals surface area contributed by atoms with E-state index in [0.717, 1.165) is 5.57 Å². The molecular formula is C26H36O8. The lowest BCUT2D eigenvalue weighted by Gasteiger charge is -2.63. The van der Waals surface area contributed by atoms with Crippen LogP contribution in [0.2, 0.25) is 0 Å². The third-order valence-corrected chi connectivity index (χ3v) is 9.22. The van der Waals surface area contributed by atoms with Gasteiger partial charge >= 0.3 is 17.9 Å². The minimum Gasteiger partial charge on any atom is -0.466 e. The van der Waals surface area contributed by atoms with Gasteiger partial charge < -0.3 is 19.3 Å². The van der Waals surface area contributed by atoms with Gasteiger partial charge in [-0.15, -0.1) is 0 Å². The second-order valence-corrected chi connectivity index (χ2v) is 10.8. The van der Waals surface area contributed by atoms with Crippen LogP contribution < -0.4 is 0 Å². The van der Waals surface area contributed by atoms with Crippen LogP contribution in [-0.4, -0.2) is 53.7 Å². The van der Waals surface area contributed by atoms with E-state index in [9.17, 15) is 24.3 Å². The van der Waals surface area contributed by atoms with Crippen molar-refractivity contribution in [2.24, 2.45) is 28.6 Å². The Labute approximate surface area is 200 Å². The van der Waals surface area contributed by atoms with E-state index in [1.54, 1.807) is 13.0 Å². The van der Waals surface area contributed by atoms with Gasteiger partial charge in [-0.05, 0) is 57.4 Å². The normalized spacial score (nSPS) is 40.9. The number of rotatable bonds is 5. The Hall–Kier alpha value is -2.22. The molecule has 1 N–H and O–H groups in total. The third-order valence-electron chi connectivity index (χ3n) is 9.22. The Kier molecular flexibility index (Phi) is 6.42. The molecule has 8 heteroatoms. The number of ketones is 1. The first-order valence-electron chi connectivity index (χ1n) is 12.4. The zero-order valence-electron chi connectivity index (χ0n) is 20.6. The lowest BCUT2D eigenvalue weighted by atomic mass is 9.44. The molecule has 4 aliphatic rings. The minimum absolute atomic E-state index is 0.0403. The zero-order valence-corrected chi connectivity index (χ0v) is 20.6. The molecule has 0 saturated heterocycles. The van der Waals surface area contributed by atoms with Gasteiger partial charge in [0.2, 0.25) is 0 Å². The first kappa shape index (κ1) is 24.9. The molecule has 4 aliphatic carbocycles. The number of aliphatic hydroxyl groups is 1. The number of hydrogen-bond acceptors (Lipinski definition) is 8. The molecular weight excluding hydrogens is 440 g/mol. The summed E-state index contributed by atoms with van der Waals surface area (Å²) in [5.74, 6) is -2.24. The number of fused-ring (bicyclic) bond motifs is 5. The fourth-order valence-corrected chi connectivity index (χ4v) is 7.83. The second kappa shape index (κ2) is 8.77. The first-order valence-corrected chi connectivity index (χ1v) is 12.4. The van der Waals surface area contributed by atoms with Crippen LogP contribution in [0.4, 0.5) is 0 Å². The highest BCUT2D eigenvalue weighted by atomic mass is 16.5. The molecule has 7 atom stereocenters. The van der Waals surface area contributed by atoms with Crippen LogP contribution in [0.15, 0.2) is 11.6 Å². The molecule has 0 radical (unpaired) electrons.